The molecule has 1 aromatic heterocycles. The Bertz CT molecular complexity index is 935. The third-order valence-electron chi connectivity index (χ3n) is 6.27. The molecule has 1 aromatic carbocycles. The van der Waals surface area contributed by atoms with Crippen molar-refractivity contribution in [3.05, 3.63) is 86.0 Å². The van der Waals surface area contributed by atoms with Crippen LogP contribution < -0.4 is 24.8 Å². The number of rotatable bonds is 3. The maximum absolute atomic E-state index is 2.48. The van der Waals surface area contributed by atoms with Crippen LogP contribution in [0, 0.1) is 5.41 Å². The van der Waals surface area contributed by atoms with Crippen LogP contribution in [0.3, 0.4) is 0 Å². The van der Waals surface area contributed by atoms with E-state index in [9.17, 15) is 0 Å². The molecule has 4 heteroatoms. The van der Waals surface area contributed by atoms with E-state index >= 15 is 0 Å². The second-order valence-electron chi connectivity index (χ2n) is 7.78. The van der Waals surface area contributed by atoms with Crippen molar-refractivity contribution in [1.82, 2.24) is 4.57 Å². The van der Waals surface area contributed by atoms with Gasteiger partial charge in [-0.15, -0.1) is 0 Å². The number of hydrogen-bond donors (Lipinski definition) is 0. The number of benzene rings is 1. The van der Waals surface area contributed by atoms with Crippen LogP contribution in [-0.4, -0.2) is 4.57 Å². The third kappa shape index (κ3) is 3.29. The molecule has 4 rings (SSSR count). The van der Waals surface area contributed by atoms with Crippen molar-refractivity contribution >= 4 is 6.08 Å². The van der Waals surface area contributed by atoms with Crippen LogP contribution in [-0.2, 0) is 26.5 Å². The fourth-order valence-electron chi connectivity index (χ4n) is 4.29. The zero-order chi connectivity index (χ0) is 17.8. The molecular weight excluding hydrogens is 452 g/mol. The molecule has 140 valence electrons. The van der Waals surface area contributed by atoms with E-state index in [0.29, 0.717) is 0 Å². The van der Waals surface area contributed by atoms with E-state index in [-0.39, 0.29) is 33.5 Å². The monoisotopic (exact) mass is 475 g/mol. The quantitative estimate of drug-likeness (QED) is 0.585. The first-order valence-electron chi connectivity index (χ1n) is 8.98. The molecule has 2 aliphatic rings. The summed E-state index contributed by atoms with van der Waals surface area (Å²) in [5.41, 5.74) is 7.69. The van der Waals surface area contributed by atoms with Crippen LogP contribution in [0.15, 0.2) is 74.9 Å². The predicted molar refractivity (Wildman–Crippen MR) is 102 cm³/mol. The van der Waals surface area contributed by atoms with Crippen molar-refractivity contribution in [1.29, 1.82) is 0 Å². The number of allylic oxidation sites excluding steroid dienone is 5. The summed E-state index contributed by atoms with van der Waals surface area (Å²) in [5.74, 6) is 0. The van der Waals surface area contributed by atoms with Crippen molar-refractivity contribution < 1.29 is 48.0 Å². The summed E-state index contributed by atoms with van der Waals surface area (Å²) < 4.78 is 4.24. The topological polar surface area (TPSA) is 4.93 Å². The molecule has 0 saturated carbocycles. The molecule has 0 bridgehead atoms. The molecule has 1 unspecified atom stereocenters. The molecule has 0 amide bonds. The van der Waals surface area contributed by atoms with Crippen LogP contribution in [0.1, 0.15) is 45.7 Å². The number of aromatic nitrogens is 1. The van der Waals surface area contributed by atoms with Gasteiger partial charge in [0, 0.05) is 0 Å². The Morgan fingerprint density at radius 3 is 2.07 bits per heavy atom. The first-order chi connectivity index (χ1) is 11.9. The number of hydrogen-bond acceptors (Lipinski definition) is 0. The summed E-state index contributed by atoms with van der Waals surface area (Å²) in [4.78, 5) is 0. The SMILES string of the molecule is CC1=C(C)C(C)(C)[C]([Zr+2][C]2(n3cccc3)C=Cc3ccccc32)=C1C.[Cl-].[Cl-]. The molecule has 1 atom stereocenters. The molecule has 0 saturated heterocycles. The Hall–Kier alpha value is -0.817. The Morgan fingerprint density at radius 1 is 0.852 bits per heavy atom. The molecule has 0 radical (unpaired) electrons. The zero-order valence-electron chi connectivity index (χ0n) is 16.5. The summed E-state index contributed by atoms with van der Waals surface area (Å²) in [6.07, 6.45) is 9.31. The van der Waals surface area contributed by atoms with E-state index in [0.717, 1.165) is 0 Å². The van der Waals surface area contributed by atoms with Crippen molar-refractivity contribution in [2.24, 2.45) is 5.41 Å². The Morgan fingerprint density at radius 2 is 1.48 bits per heavy atom. The van der Waals surface area contributed by atoms with Gasteiger partial charge in [-0.2, -0.15) is 0 Å². The largest absolute Gasteiger partial charge is 1.00 e. The smallest absolute Gasteiger partial charge is 1.00 e. The van der Waals surface area contributed by atoms with Gasteiger partial charge in [-0.1, -0.05) is 0 Å². The first-order valence-corrected chi connectivity index (χ1v) is 11.4. The van der Waals surface area contributed by atoms with Crippen LogP contribution >= 0.6 is 0 Å². The summed E-state index contributed by atoms with van der Waals surface area (Å²) >= 11 is -0.988. The van der Waals surface area contributed by atoms with Crippen molar-refractivity contribution in [2.45, 2.75) is 37.9 Å². The van der Waals surface area contributed by atoms with Crippen LogP contribution in [0.4, 0.5) is 0 Å². The number of fused-ring (bicyclic) bond motifs is 1. The molecule has 0 fully saturated rings. The number of halogens is 2. The van der Waals surface area contributed by atoms with Gasteiger partial charge < -0.3 is 24.8 Å². The standard InChI is InChI=1S/C13H10N.C10H15.2ClH.Zr/c1-2-6-12-11(5-1)7-8-13(12)14-9-3-4-10-14;1-7-6-10(4,5)9(3)8(7)2;;;/h1-10H;1-5H3;2*1H;/q;;;;+2/p-2. The van der Waals surface area contributed by atoms with Gasteiger partial charge in [-0.3, -0.25) is 0 Å². The molecule has 0 spiro atoms. The van der Waals surface area contributed by atoms with Crippen molar-refractivity contribution in [3.8, 4) is 0 Å². The Labute approximate surface area is 187 Å². The van der Waals surface area contributed by atoms with Gasteiger partial charge >= 0.3 is 163 Å². The van der Waals surface area contributed by atoms with Gasteiger partial charge in [0.05, 0.1) is 0 Å². The van der Waals surface area contributed by atoms with Crippen molar-refractivity contribution in [2.75, 3.05) is 0 Å². The summed E-state index contributed by atoms with van der Waals surface area (Å²) in [7, 11) is 0. The molecular formula is C23H25Cl2NZr. The normalized spacial score (nSPS) is 22.3. The van der Waals surface area contributed by atoms with Gasteiger partial charge in [0.1, 0.15) is 0 Å². The average molecular weight is 478 g/mol. The molecule has 2 aromatic rings. The molecule has 27 heavy (non-hydrogen) atoms. The van der Waals surface area contributed by atoms with E-state index < -0.39 is 23.2 Å². The van der Waals surface area contributed by atoms with Gasteiger partial charge in [-0.05, 0) is 0 Å². The van der Waals surface area contributed by atoms with Crippen LogP contribution in [0.5, 0.6) is 0 Å². The van der Waals surface area contributed by atoms with E-state index in [4.69, 9.17) is 0 Å². The van der Waals surface area contributed by atoms with Crippen LogP contribution in [0.25, 0.3) is 6.08 Å². The predicted octanol–water partition coefficient (Wildman–Crippen LogP) is -0.0433. The Kier molecular flexibility index (Phi) is 6.57. The minimum atomic E-state index is -0.988. The molecule has 0 N–H and O–H groups in total. The minimum Gasteiger partial charge on any atom is -1.00 e. The van der Waals surface area contributed by atoms with Crippen LogP contribution in [0.2, 0.25) is 0 Å². The van der Waals surface area contributed by atoms with E-state index in [1.807, 2.05) is 0 Å². The fraction of sp³-hybridized carbons (Fsp3) is 0.304. The first kappa shape index (κ1) is 22.5. The molecule has 0 aliphatic heterocycles. The summed E-state index contributed by atoms with van der Waals surface area (Å²) in [5, 5.41) is 0. The maximum Gasteiger partial charge on any atom is -1.00 e. The second kappa shape index (κ2) is 7.90. The van der Waals surface area contributed by atoms with E-state index in [2.05, 4.69) is 100 Å². The Balaban J connectivity index is 0.00000131. The number of nitrogens with zero attached hydrogens (tertiary/aromatic N) is 1. The maximum atomic E-state index is 2.48. The minimum absolute atomic E-state index is 0. The zero-order valence-corrected chi connectivity index (χ0v) is 20.4. The summed E-state index contributed by atoms with van der Waals surface area (Å²) in [6.45, 7) is 11.8. The van der Waals surface area contributed by atoms with Gasteiger partial charge in [0.25, 0.3) is 0 Å². The van der Waals surface area contributed by atoms with Gasteiger partial charge in [0.2, 0.25) is 0 Å². The van der Waals surface area contributed by atoms with Gasteiger partial charge in [-0.25, -0.2) is 0 Å². The molecule has 1 nitrogen and oxygen atoms in total. The third-order valence-corrected chi connectivity index (χ3v) is 12.0. The van der Waals surface area contributed by atoms with E-state index in [1.54, 1.807) is 14.4 Å². The van der Waals surface area contributed by atoms with E-state index in [1.165, 1.54) is 16.7 Å². The summed E-state index contributed by atoms with van der Waals surface area (Å²) in [6, 6.07) is 13.3. The van der Waals surface area contributed by atoms with Gasteiger partial charge in [0.15, 0.2) is 0 Å². The fourth-order valence-corrected chi connectivity index (χ4v) is 9.36. The average Bonchev–Trinajstić information content (AvgIpc) is 3.29. The molecule has 1 heterocycles. The van der Waals surface area contributed by atoms with Crippen molar-refractivity contribution in [3.63, 3.8) is 0 Å². The molecule has 2 aliphatic carbocycles. The second-order valence-corrected chi connectivity index (χ2v) is 11.5.